The van der Waals surface area contributed by atoms with E-state index in [9.17, 15) is 0 Å². The van der Waals surface area contributed by atoms with Crippen LogP contribution in [-0.2, 0) is 21.7 Å². The van der Waals surface area contributed by atoms with Crippen molar-refractivity contribution in [1.82, 2.24) is 6.15 Å². The Balaban J connectivity index is -0.0000000450. The summed E-state index contributed by atoms with van der Waals surface area (Å²) in [6.07, 6.45) is -2.33. The van der Waals surface area contributed by atoms with E-state index in [0.29, 0.717) is 0 Å². The van der Waals surface area contributed by atoms with Crippen molar-refractivity contribution in [3.05, 3.63) is 0 Å². The molecule has 0 aliphatic heterocycles. The van der Waals surface area contributed by atoms with Crippen molar-refractivity contribution in [2.75, 3.05) is 0 Å². The summed E-state index contributed by atoms with van der Waals surface area (Å²) in [4.78, 5) is 8.33. The molecule has 5 heteroatoms. The van der Waals surface area contributed by atoms with Crippen LogP contribution >= 0.6 is 0 Å². The van der Waals surface area contributed by atoms with Crippen LogP contribution in [0, 0.1) is 0 Å². The second-order valence-electron chi connectivity index (χ2n) is 0.250. The number of carbonyl (C=O) groups is 1. The van der Waals surface area contributed by atoms with Gasteiger partial charge in [-0.2, -0.15) is 0 Å². The quantitative estimate of drug-likeness (QED) is 0.377. The van der Waals surface area contributed by atoms with E-state index >= 15 is 0 Å². The van der Waals surface area contributed by atoms with Crippen molar-refractivity contribution >= 4 is 6.16 Å². The Morgan fingerprint density at radius 3 is 1.33 bits per heavy atom. The van der Waals surface area contributed by atoms with Crippen LogP contribution in [0.25, 0.3) is 0 Å². The molecule has 0 spiro atoms. The molecule has 4 nitrogen and oxygen atoms in total. The molecular weight excluding hydrogens is 122 g/mol. The molecule has 4 N–H and O–H groups in total. The van der Waals surface area contributed by atoms with Crippen LogP contribution in [0.1, 0.15) is 0 Å². The summed E-state index contributed by atoms with van der Waals surface area (Å²) < 4.78 is 0. The van der Waals surface area contributed by atoms with Gasteiger partial charge in [0.1, 0.15) is 0 Å². The summed E-state index contributed by atoms with van der Waals surface area (Å²) in [5.41, 5.74) is 0. The number of carboxylic acid groups (broad SMARTS) is 2. The second kappa shape index (κ2) is 8.87. The Bertz CT molecular complexity index is 33.8. The van der Waals surface area contributed by atoms with Gasteiger partial charge in [-0.25, -0.2) is 0 Å². The molecular formula is CH4NO3Ti. The van der Waals surface area contributed by atoms with Crippen molar-refractivity contribution in [2.24, 2.45) is 0 Å². The van der Waals surface area contributed by atoms with Gasteiger partial charge in [-0.3, -0.25) is 0 Å². The maximum Gasteiger partial charge on any atom is 1.00 e. The molecule has 1 radical (unpaired) electrons. The van der Waals surface area contributed by atoms with Crippen LogP contribution in [0.3, 0.4) is 0 Å². The number of hydrogen-bond acceptors (Lipinski definition) is 3. The zero-order valence-electron chi connectivity index (χ0n) is 3.22. The van der Waals surface area contributed by atoms with E-state index in [4.69, 9.17) is 15.0 Å². The van der Waals surface area contributed by atoms with Gasteiger partial charge in [-0.15, -0.1) is 0 Å². The minimum atomic E-state index is -2.33. The van der Waals surface area contributed by atoms with E-state index in [2.05, 4.69) is 0 Å². The van der Waals surface area contributed by atoms with Crippen molar-refractivity contribution in [2.45, 2.75) is 0 Å². The molecule has 0 atom stereocenters. The monoisotopic (exact) mass is 126 g/mol. The normalized spacial score (nSPS) is 4.00. The molecule has 0 heterocycles. The molecule has 0 aliphatic rings. The largest absolute Gasteiger partial charge is 1.00 e. The minimum Gasteiger partial charge on any atom is -0.652 e. The molecule has 0 bridgehead atoms. The molecule has 0 rings (SSSR count). The first-order valence-electron chi connectivity index (χ1n) is 0.612. The molecule has 0 saturated carbocycles. The zero-order valence-corrected chi connectivity index (χ0v) is 4.79. The molecule has 0 unspecified atom stereocenters. The number of carbonyl (C=O) groups excluding carboxylic acids is 1. The Morgan fingerprint density at radius 1 is 1.33 bits per heavy atom. The van der Waals surface area contributed by atoms with Gasteiger partial charge in [-0.05, 0) is 6.16 Å². The summed E-state index contributed by atoms with van der Waals surface area (Å²) in [5.74, 6) is 0. The zero-order chi connectivity index (χ0) is 3.58. The van der Waals surface area contributed by atoms with Crippen LogP contribution in [-0.4, -0.2) is 6.16 Å². The van der Waals surface area contributed by atoms with Crippen molar-refractivity contribution < 1.29 is 36.7 Å². The Morgan fingerprint density at radius 2 is 1.33 bits per heavy atom. The molecule has 0 aromatic heterocycles. The van der Waals surface area contributed by atoms with E-state index < -0.39 is 6.16 Å². The SMILES string of the molecule is O=C([O-])[O-].[NH4+].[Ti+]. The van der Waals surface area contributed by atoms with E-state index in [1.165, 1.54) is 0 Å². The molecule has 0 fully saturated rings. The van der Waals surface area contributed by atoms with Gasteiger partial charge in [0.25, 0.3) is 0 Å². The van der Waals surface area contributed by atoms with Crippen LogP contribution in [0.5, 0.6) is 0 Å². The third-order valence-corrected chi connectivity index (χ3v) is 0. The molecule has 0 amide bonds. The molecule has 0 aliphatic carbocycles. The third-order valence-electron chi connectivity index (χ3n) is 0. The van der Waals surface area contributed by atoms with E-state index in [1.54, 1.807) is 0 Å². The van der Waals surface area contributed by atoms with Gasteiger partial charge in [0.2, 0.25) is 0 Å². The summed E-state index contributed by atoms with van der Waals surface area (Å²) in [7, 11) is 0. The fraction of sp³-hybridized carbons (Fsp3) is 0. The molecule has 35 valence electrons. The van der Waals surface area contributed by atoms with Crippen molar-refractivity contribution in [1.29, 1.82) is 0 Å². The van der Waals surface area contributed by atoms with E-state index in [-0.39, 0.29) is 27.9 Å². The fourth-order valence-electron chi connectivity index (χ4n) is 0. The van der Waals surface area contributed by atoms with Gasteiger partial charge in [0.15, 0.2) is 0 Å². The van der Waals surface area contributed by atoms with Gasteiger partial charge in [0.05, 0.1) is 0 Å². The number of hydrogen-bond donors (Lipinski definition) is 1. The van der Waals surface area contributed by atoms with Gasteiger partial charge >= 0.3 is 21.7 Å². The molecule has 0 aromatic carbocycles. The first kappa shape index (κ1) is 16.8. The summed E-state index contributed by atoms with van der Waals surface area (Å²) in [5, 5.41) is 16.7. The fourth-order valence-corrected chi connectivity index (χ4v) is 0. The first-order valence-corrected chi connectivity index (χ1v) is 0.612. The van der Waals surface area contributed by atoms with Crippen molar-refractivity contribution in [3.8, 4) is 0 Å². The topological polar surface area (TPSA) is 99.7 Å². The average Bonchev–Trinajstić information content (AvgIpc) is 0.811. The number of rotatable bonds is 0. The maximum absolute atomic E-state index is 8.33. The summed E-state index contributed by atoms with van der Waals surface area (Å²) in [6, 6.07) is 0. The maximum atomic E-state index is 8.33. The summed E-state index contributed by atoms with van der Waals surface area (Å²) in [6.45, 7) is 0. The van der Waals surface area contributed by atoms with E-state index in [1.807, 2.05) is 0 Å². The third kappa shape index (κ3) is 11000. The standard InChI is InChI=1S/CH2O3.H3N.Ti/c2-1(3)4;;/h(H2,2,3,4);1H3;/q;;+1/p-1. The first-order chi connectivity index (χ1) is 1.73. The predicted octanol–water partition coefficient (Wildman–Crippen LogP) is -2.07. The molecule has 0 aromatic rings. The molecule has 0 saturated heterocycles. The summed E-state index contributed by atoms with van der Waals surface area (Å²) >= 11 is 0. The average molecular weight is 126 g/mol. The van der Waals surface area contributed by atoms with Crippen molar-refractivity contribution in [3.63, 3.8) is 0 Å². The van der Waals surface area contributed by atoms with Gasteiger partial charge in [-0.1, -0.05) is 0 Å². The Labute approximate surface area is 49.6 Å². The van der Waals surface area contributed by atoms with E-state index in [0.717, 1.165) is 0 Å². The Kier molecular flexibility index (Phi) is 24.8. The minimum absolute atomic E-state index is 0. The molecule has 6 heavy (non-hydrogen) atoms. The van der Waals surface area contributed by atoms with Crippen LogP contribution in [0.2, 0.25) is 0 Å². The van der Waals surface area contributed by atoms with Gasteiger partial charge in [0, 0.05) is 0 Å². The smallest absolute Gasteiger partial charge is 0.652 e. The Hall–Kier alpha value is -0.0557. The van der Waals surface area contributed by atoms with Crippen LogP contribution in [0.4, 0.5) is 4.79 Å². The second-order valence-corrected chi connectivity index (χ2v) is 0.250. The van der Waals surface area contributed by atoms with Crippen LogP contribution in [0.15, 0.2) is 0 Å². The van der Waals surface area contributed by atoms with Crippen LogP contribution < -0.4 is 16.4 Å². The van der Waals surface area contributed by atoms with Gasteiger partial charge < -0.3 is 21.2 Å². The number of quaternary nitrogens is 1. The predicted molar refractivity (Wildman–Crippen MR) is 11.4 cm³/mol.